The fraction of sp³-hybridized carbons (Fsp3) is 0.500. The van der Waals surface area contributed by atoms with Gasteiger partial charge in [-0.2, -0.15) is 5.10 Å². The first kappa shape index (κ1) is 7.71. The van der Waals surface area contributed by atoms with Crippen molar-refractivity contribution in [2.75, 3.05) is 0 Å². The van der Waals surface area contributed by atoms with Crippen molar-refractivity contribution in [1.29, 1.82) is 0 Å². The monoisotopic (exact) mass is 155 g/mol. The lowest BCUT2D eigenvalue weighted by molar-refractivity contribution is 0.491. The molecule has 0 spiro atoms. The van der Waals surface area contributed by atoms with Gasteiger partial charge in [0, 0.05) is 0 Å². The number of rotatable bonds is 1. The lowest BCUT2D eigenvalue weighted by Gasteiger charge is -2.04. The van der Waals surface area contributed by atoms with E-state index in [1.165, 1.54) is 6.33 Å². The predicted octanol–water partition coefficient (Wildman–Crippen LogP) is -0.487. The van der Waals surface area contributed by atoms with E-state index in [2.05, 4.69) is 10.1 Å². The highest BCUT2D eigenvalue weighted by molar-refractivity contribution is 4.74. The zero-order chi connectivity index (χ0) is 8.43. The van der Waals surface area contributed by atoms with Crippen LogP contribution in [0.5, 0.6) is 0 Å². The zero-order valence-corrected chi connectivity index (χ0v) is 6.37. The number of hydrogen-bond donors (Lipinski definition) is 1. The van der Waals surface area contributed by atoms with E-state index in [4.69, 9.17) is 0 Å². The first-order valence-corrected chi connectivity index (χ1v) is 3.29. The molecular formula is C6H9N3O2. The van der Waals surface area contributed by atoms with Crippen LogP contribution < -0.4 is 11.1 Å². The average molecular weight is 155 g/mol. The summed E-state index contributed by atoms with van der Waals surface area (Å²) in [6.07, 6.45) is 1.21. The molecule has 0 unspecified atom stereocenters. The standard InChI is InChI=1S/C6H9N3O2/c1-4(2)9-6(11)5(10)7-3-8-9/h3-4H,1-2H3,(H,7,8,10). The second-order valence-electron chi connectivity index (χ2n) is 2.46. The molecule has 1 heterocycles. The molecule has 0 aliphatic heterocycles. The van der Waals surface area contributed by atoms with Crippen LogP contribution >= 0.6 is 0 Å². The van der Waals surface area contributed by atoms with Crippen molar-refractivity contribution in [2.24, 2.45) is 0 Å². The van der Waals surface area contributed by atoms with Gasteiger partial charge < -0.3 is 4.98 Å². The number of hydrogen-bond acceptors (Lipinski definition) is 3. The Balaban J connectivity index is 3.41. The predicted molar refractivity (Wildman–Crippen MR) is 39.5 cm³/mol. The maximum absolute atomic E-state index is 11.0. The van der Waals surface area contributed by atoms with Crippen LogP contribution in [0, 0.1) is 0 Å². The van der Waals surface area contributed by atoms with E-state index in [1.54, 1.807) is 13.8 Å². The maximum Gasteiger partial charge on any atom is 0.332 e. The molecule has 0 saturated heterocycles. The van der Waals surface area contributed by atoms with Gasteiger partial charge in [-0.25, -0.2) is 4.68 Å². The molecule has 0 fully saturated rings. The molecule has 11 heavy (non-hydrogen) atoms. The van der Waals surface area contributed by atoms with E-state index in [9.17, 15) is 9.59 Å². The van der Waals surface area contributed by atoms with Crippen molar-refractivity contribution in [3.63, 3.8) is 0 Å². The molecule has 1 aromatic heterocycles. The normalized spacial score (nSPS) is 10.5. The fourth-order valence-electron chi connectivity index (χ4n) is 0.736. The third-order valence-electron chi connectivity index (χ3n) is 1.27. The van der Waals surface area contributed by atoms with Crippen molar-refractivity contribution in [3.05, 3.63) is 27.0 Å². The van der Waals surface area contributed by atoms with Gasteiger partial charge in [0.05, 0.1) is 6.04 Å². The van der Waals surface area contributed by atoms with E-state index in [1.807, 2.05) is 0 Å². The molecule has 0 amide bonds. The van der Waals surface area contributed by atoms with Gasteiger partial charge >= 0.3 is 11.1 Å². The summed E-state index contributed by atoms with van der Waals surface area (Å²) >= 11 is 0. The summed E-state index contributed by atoms with van der Waals surface area (Å²) in [4.78, 5) is 23.9. The zero-order valence-electron chi connectivity index (χ0n) is 6.37. The minimum absolute atomic E-state index is 0.0789. The Morgan fingerprint density at radius 3 is 2.64 bits per heavy atom. The topological polar surface area (TPSA) is 67.8 Å². The lowest BCUT2D eigenvalue weighted by Crippen LogP contribution is -2.38. The third kappa shape index (κ3) is 1.36. The molecule has 0 atom stereocenters. The Hall–Kier alpha value is -1.39. The van der Waals surface area contributed by atoms with Crippen LogP contribution in [0.2, 0.25) is 0 Å². The van der Waals surface area contributed by atoms with E-state index in [0.717, 1.165) is 4.68 Å². The molecule has 1 N–H and O–H groups in total. The molecule has 5 heteroatoms. The Kier molecular flexibility index (Phi) is 1.89. The molecule has 5 nitrogen and oxygen atoms in total. The van der Waals surface area contributed by atoms with E-state index < -0.39 is 11.1 Å². The third-order valence-corrected chi connectivity index (χ3v) is 1.27. The van der Waals surface area contributed by atoms with Gasteiger partial charge in [0.2, 0.25) is 0 Å². The van der Waals surface area contributed by atoms with Crippen LogP contribution in [0.15, 0.2) is 15.9 Å². The van der Waals surface area contributed by atoms with Gasteiger partial charge in [-0.15, -0.1) is 0 Å². The average Bonchev–Trinajstić information content (AvgIpc) is 1.94. The van der Waals surface area contributed by atoms with Crippen molar-refractivity contribution in [2.45, 2.75) is 19.9 Å². The molecular weight excluding hydrogens is 146 g/mol. The number of H-pyrrole nitrogens is 1. The number of aromatic nitrogens is 3. The Morgan fingerprint density at radius 1 is 1.55 bits per heavy atom. The van der Waals surface area contributed by atoms with Crippen LogP contribution in [0.3, 0.4) is 0 Å². The van der Waals surface area contributed by atoms with Crippen LogP contribution in [0.25, 0.3) is 0 Å². The highest BCUT2D eigenvalue weighted by Crippen LogP contribution is 1.91. The summed E-state index contributed by atoms with van der Waals surface area (Å²) in [5.41, 5.74) is -1.24. The number of aromatic amines is 1. The SMILES string of the molecule is CC(C)n1nc[nH]c(=O)c1=O. The molecule has 0 bridgehead atoms. The summed E-state index contributed by atoms with van der Waals surface area (Å²) in [7, 11) is 0. The van der Waals surface area contributed by atoms with Crippen LogP contribution in [0.4, 0.5) is 0 Å². The smallest absolute Gasteiger partial charge is 0.307 e. The highest BCUT2D eigenvalue weighted by atomic mass is 16.2. The van der Waals surface area contributed by atoms with Gasteiger partial charge in [0.25, 0.3) is 0 Å². The Labute approximate surface area is 62.7 Å². The van der Waals surface area contributed by atoms with Crippen LogP contribution in [-0.2, 0) is 0 Å². The molecule has 0 aliphatic carbocycles. The molecule has 0 aromatic carbocycles. The summed E-state index contributed by atoms with van der Waals surface area (Å²) < 4.78 is 1.14. The molecule has 0 aliphatic rings. The van der Waals surface area contributed by atoms with Gasteiger partial charge in [0.1, 0.15) is 6.33 Å². The van der Waals surface area contributed by atoms with Crippen molar-refractivity contribution in [3.8, 4) is 0 Å². The van der Waals surface area contributed by atoms with E-state index in [0.29, 0.717) is 0 Å². The number of nitrogens with zero attached hydrogens (tertiary/aromatic N) is 2. The molecule has 0 saturated carbocycles. The summed E-state index contributed by atoms with van der Waals surface area (Å²) in [6.45, 7) is 3.57. The number of nitrogens with one attached hydrogen (secondary N) is 1. The quantitative estimate of drug-likeness (QED) is 0.556. The van der Waals surface area contributed by atoms with Gasteiger partial charge in [-0.3, -0.25) is 9.59 Å². The summed E-state index contributed by atoms with van der Waals surface area (Å²) in [6, 6.07) is -0.0789. The minimum atomic E-state index is -0.631. The summed E-state index contributed by atoms with van der Waals surface area (Å²) in [5, 5.41) is 3.69. The molecule has 1 aromatic rings. The highest BCUT2D eigenvalue weighted by Gasteiger charge is 2.02. The molecule has 0 radical (unpaired) electrons. The molecule has 1 rings (SSSR count). The van der Waals surface area contributed by atoms with Crippen molar-refractivity contribution in [1.82, 2.24) is 14.8 Å². The Morgan fingerprint density at radius 2 is 2.18 bits per heavy atom. The van der Waals surface area contributed by atoms with Crippen LogP contribution in [-0.4, -0.2) is 14.8 Å². The van der Waals surface area contributed by atoms with Crippen LogP contribution in [0.1, 0.15) is 19.9 Å². The first-order valence-electron chi connectivity index (χ1n) is 3.29. The second kappa shape index (κ2) is 2.69. The second-order valence-corrected chi connectivity index (χ2v) is 2.46. The largest absolute Gasteiger partial charge is 0.332 e. The lowest BCUT2D eigenvalue weighted by atomic mass is 10.4. The first-order chi connectivity index (χ1) is 5.13. The maximum atomic E-state index is 11.0. The van der Waals surface area contributed by atoms with Gasteiger partial charge in [-0.1, -0.05) is 0 Å². The fourth-order valence-corrected chi connectivity index (χ4v) is 0.736. The Bertz CT molecular complexity index is 349. The minimum Gasteiger partial charge on any atom is -0.307 e. The van der Waals surface area contributed by atoms with Crippen molar-refractivity contribution >= 4 is 0 Å². The van der Waals surface area contributed by atoms with Crippen molar-refractivity contribution < 1.29 is 0 Å². The van der Waals surface area contributed by atoms with E-state index >= 15 is 0 Å². The summed E-state index contributed by atoms with van der Waals surface area (Å²) in [5.74, 6) is 0. The van der Waals surface area contributed by atoms with Gasteiger partial charge in [-0.05, 0) is 13.8 Å². The molecule has 60 valence electrons. The van der Waals surface area contributed by atoms with Gasteiger partial charge in [0.15, 0.2) is 0 Å². The van der Waals surface area contributed by atoms with E-state index in [-0.39, 0.29) is 6.04 Å².